The van der Waals surface area contributed by atoms with Gasteiger partial charge in [0.2, 0.25) is 0 Å². The first-order valence-electron chi connectivity index (χ1n) is 5.89. The summed E-state index contributed by atoms with van der Waals surface area (Å²) in [5.41, 5.74) is 0.902. The first kappa shape index (κ1) is 15.0. The standard InChI is InChI=1S/C12H14F3N3OS/c1-18-10(2-4-17-18)9(7-19)16-6-8-3-5-20-11(8)12(13,14)15/h2-5,9,16,19H,6-7H2,1H3/t9-/m0/s1. The van der Waals surface area contributed by atoms with Gasteiger partial charge in [-0.15, -0.1) is 11.3 Å². The molecule has 0 aromatic carbocycles. The second kappa shape index (κ2) is 5.94. The van der Waals surface area contributed by atoms with Crippen LogP contribution >= 0.6 is 11.3 Å². The van der Waals surface area contributed by atoms with Crippen LogP contribution in [0.3, 0.4) is 0 Å². The van der Waals surface area contributed by atoms with Gasteiger partial charge in [0.15, 0.2) is 0 Å². The highest BCUT2D eigenvalue weighted by molar-refractivity contribution is 7.10. The number of alkyl halides is 3. The second-order valence-corrected chi connectivity index (χ2v) is 5.18. The van der Waals surface area contributed by atoms with Crippen molar-refractivity contribution in [3.05, 3.63) is 39.8 Å². The molecule has 0 bridgehead atoms. The molecule has 4 nitrogen and oxygen atoms in total. The maximum Gasteiger partial charge on any atom is 0.425 e. The van der Waals surface area contributed by atoms with Gasteiger partial charge in [-0.2, -0.15) is 18.3 Å². The molecule has 2 N–H and O–H groups in total. The molecule has 0 saturated carbocycles. The van der Waals surface area contributed by atoms with Crippen molar-refractivity contribution in [2.45, 2.75) is 18.8 Å². The molecule has 0 aliphatic carbocycles. The molecule has 0 fully saturated rings. The van der Waals surface area contributed by atoms with E-state index in [2.05, 4.69) is 10.4 Å². The van der Waals surface area contributed by atoms with Gasteiger partial charge in [0.05, 0.1) is 18.3 Å². The average Bonchev–Trinajstić information content (AvgIpc) is 2.99. The van der Waals surface area contributed by atoms with Gasteiger partial charge in [0, 0.05) is 19.8 Å². The number of aryl methyl sites for hydroxylation is 1. The van der Waals surface area contributed by atoms with Gasteiger partial charge < -0.3 is 10.4 Å². The maximum absolute atomic E-state index is 12.7. The van der Waals surface area contributed by atoms with Crippen molar-refractivity contribution in [3.8, 4) is 0 Å². The van der Waals surface area contributed by atoms with Gasteiger partial charge in [-0.25, -0.2) is 0 Å². The number of nitrogens with one attached hydrogen (secondary N) is 1. The Morgan fingerprint density at radius 3 is 2.75 bits per heavy atom. The van der Waals surface area contributed by atoms with E-state index in [1.54, 1.807) is 24.0 Å². The summed E-state index contributed by atoms with van der Waals surface area (Å²) < 4.78 is 39.8. The first-order valence-corrected chi connectivity index (χ1v) is 6.77. The molecular formula is C12H14F3N3OS. The fraction of sp³-hybridized carbons (Fsp3) is 0.417. The number of aliphatic hydroxyl groups is 1. The summed E-state index contributed by atoms with van der Waals surface area (Å²) >= 11 is 0.671. The molecule has 2 aromatic rings. The quantitative estimate of drug-likeness (QED) is 0.891. The monoisotopic (exact) mass is 305 g/mol. The van der Waals surface area contributed by atoms with Crippen molar-refractivity contribution >= 4 is 11.3 Å². The Bertz CT molecular complexity index is 564. The zero-order chi connectivity index (χ0) is 14.8. The summed E-state index contributed by atoms with van der Waals surface area (Å²) in [6.45, 7) is -0.181. The summed E-state index contributed by atoms with van der Waals surface area (Å²) in [7, 11) is 1.71. The lowest BCUT2D eigenvalue weighted by Gasteiger charge is -2.17. The van der Waals surface area contributed by atoms with Crippen LogP contribution in [0.4, 0.5) is 13.2 Å². The lowest BCUT2D eigenvalue weighted by molar-refractivity contribution is -0.134. The zero-order valence-corrected chi connectivity index (χ0v) is 11.5. The SMILES string of the molecule is Cn1nccc1[C@H](CO)NCc1ccsc1C(F)(F)F. The van der Waals surface area contributed by atoms with Gasteiger partial charge in [-0.1, -0.05) is 0 Å². The highest BCUT2D eigenvalue weighted by Crippen LogP contribution is 2.36. The lowest BCUT2D eigenvalue weighted by Crippen LogP contribution is -2.26. The minimum absolute atomic E-state index is 0.0365. The molecule has 0 aliphatic heterocycles. The molecule has 2 heterocycles. The molecule has 8 heteroatoms. The minimum atomic E-state index is -4.34. The molecule has 0 spiro atoms. The van der Waals surface area contributed by atoms with E-state index in [1.807, 2.05) is 0 Å². The molecule has 0 radical (unpaired) electrons. The normalized spacial score (nSPS) is 13.7. The molecule has 0 unspecified atom stereocenters. The molecular weight excluding hydrogens is 291 g/mol. The molecule has 2 aromatic heterocycles. The molecule has 1 atom stereocenters. The van der Waals surface area contributed by atoms with E-state index in [9.17, 15) is 18.3 Å². The first-order chi connectivity index (χ1) is 9.43. The third-order valence-corrected chi connectivity index (χ3v) is 3.94. The summed E-state index contributed by atoms with van der Waals surface area (Å²) in [6, 6.07) is 2.70. The van der Waals surface area contributed by atoms with Crippen LogP contribution in [-0.4, -0.2) is 21.5 Å². The number of nitrogens with zero attached hydrogens (tertiary/aromatic N) is 2. The van der Waals surface area contributed by atoms with Crippen molar-refractivity contribution in [2.75, 3.05) is 6.61 Å². The van der Waals surface area contributed by atoms with E-state index >= 15 is 0 Å². The van der Waals surface area contributed by atoms with E-state index in [1.165, 1.54) is 11.4 Å². The van der Waals surface area contributed by atoms with Crippen LogP contribution in [0.5, 0.6) is 0 Å². The largest absolute Gasteiger partial charge is 0.425 e. The Balaban J connectivity index is 2.08. The van der Waals surface area contributed by atoms with Crippen LogP contribution < -0.4 is 5.32 Å². The summed E-state index contributed by atoms with van der Waals surface area (Å²) in [6.07, 6.45) is -2.77. The Kier molecular flexibility index (Phi) is 4.46. The fourth-order valence-corrected chi connectivity index (χ4v) is 2.74. The third kappa shape index (κ3) is 3.20. The Morgan fingerprint density at radius 2 is 2.20 bits per heavy atom. The van der Waals surface area contributed by atoms with Crippen molar-refractivity contribution in [1.82, 2.24) is 15.1 Å². The van der Waals surface area contributed by atoms with Crippen LogP contribution in [0.2, 0.25) is 0 Å². The van der Waals surface area contributed by atoms with Crippen LogP contribution in [0, 0.1) is 0 Å². The van der Waals surface area contributed by atoms with E-state index in [-0.39, 0.29) is 18.7 Å². The van der Waals surface area contributed by atoms with Gasteiger partial charge in [-0.05, 0) is 23.1 Å². The number of halogens is 3. The smallest absolute Gasteiger partial charge is 0.394 e. The number of thiophene rings is 1. The van der Waals surface area contributed by atoms with Crippen LogP contribution in [0.1, 0.15) is 22.2 Å². The Hall–Kier alpha value is -1.38. The molecule has 0 saturated heterocycles. The summed E-state index contributed by atoms with van der Waals surface area (Å²) in [4.78, 5) is -0.605. The highest BCUT2D eigenvalue weighted by Gasteiger charge is 2.34. The number of hydrogen-bond acceptors (Lipinski definition) is 4. The number of rotatable bonds is 5. The number of aliphatic hydroxyl groups excluding tert-OH is 1. The van der Waals surface area contributed by atoms with Gasteiger partial charge in [0.25, 0.3) is 0 Å². The van der Waals surface area contributed by atoms with Crippen molar-refractivity contribution in [3.63, 3.8) is 0 Å². The van der Waals surface area contributed by atoms with Gasteiger partial charge in [-0.3, -0.25) is 4.68 Å². The number of hydrogen-bond donors (Lipinski definition) is 2. The van der Waals surface area contributed by atoms with E-state index in [0.29, 0.717) is 11.3 Å². The zero-order valence-electron chi connectivity index (χ0n) is 10.7. The average molecular weight is 305 g/mol. The molecule has 2 rings (SSSR count). The molecule has 110 valence electrons. The van der Waals surface area contributed by atoms with Crippen molar-refractivity contribution in [1.29, 1.82) is 0 Å². The van der Waals surface area contributed by atoms with Crippen LogP contribution in [-0.2, 0) is 19.8 Å². The van der Waals surface area contributed by atoms with Crippen LogP contribution in [0.25, 0.3) is 0 Å². The molecule has 0 aliphatic rings. The van der Waals surface area contributed by atoms with E-state index < -0.39 is 17.1 Å². The second-order valence-electron chi connectivity index (χ2n) is 4.27. The summed E-state index contributed by atoms with van der Waals surface area (Å²) in [5, 5.41) is 17.7. The third-order valence-electron chi connectivity index (χ3n) is 2.94. The van der Waals surface area contributed by atoms with E-state index in [4.69, 9.17) is 0 Å². The summed E-state index contributed by atoms with van der Waals surface area (Å²) in [5.74, 6) is 0. The molecule has 0 amide bonds. The Labute approximate surface area is 117 Å². The minimum Gasteiger partial charge on any atom is -0.394 e. The van der Waals surface area contributed by atoms with Crippen LogP contribution in [0.15, 0.2) is 23.7 Å². The predicted molar refractivity (Wildman–Crippen MR) is 69.2 cm³/mol. The topological polar surface area (TPSA) is 50.1 Å². The van der Waals surface area contributed by atoms with Crippen molar-refractivity contribution < 1.29 is 18.3 Å². The molecule has 20 heavy (non-hydrogen) atoms. The predicted octanol–water partition coefficient (Wildman–Crippen LogP) is 2.32. The van der Waals surface area contributed by atoms with E-state index in [0.717, 1.165) is 5.69 Å². The maximum atomic E-state index is 12.7. The number of aromatic nitrogens is 2. The Morgan fingerprint density at radius 1 is 1.45 bits per heavy atom. The highest BCUT2D eigenvalue weighted by atomic mass is 32.1. The van der Waals surface area contributed by atoms with Crippen molar-refractivity contribution in [2.24, 2.45) is 7.05 Å². The lowest BCUT2D eigenvalue weighted by atomic mass is 10.2. The van der Waals surface area contributed by atoms with Gasteiger partial charge in [0.1, 0.15) is 4.88 Å². The van der Waals surface area contributed by atoms with Gasteiger partial charge >= 0.3 is 6.18 Å². The fourth-order valence-electron chi connectivity index (χ4n) is 1.95.